The first kappa shape index (κ1) is 10.6. The summed E-state index contributed by atoms with van der Waals surface area (Å²) >= 11 is 1.49. The molecule has 0 spiro atoms. The first-order valence-electron chi connectivity index (χ1n) is 4.40. The number of hydrogen-bond donors (Lipinski definition) is 2. The molecule has 2 unspecified atom stereocenters. The molecule has 2 atom stereocenters. The SMILES string of the molecule is CCC(C)(CN)C(O)c1cscn1. The predicted octanol–water partition coefficient (Wildman–Crippen LogP) is 1.55. The van der Waals surface area contributed by atoms with E-state index in [4.69, 9.17) is 5.73 Å². The van der Waals surface area contributed by atoms with Gasteiger partial charge in [0.1, 0.15) is 6.10 Å². The molecule has 3 N–H and O–H groups in total. The monoisotopic (exact) mass is 200 g/mol. The van der Waals surface area contributed by atoms with Gasteiger partial charge in [-0.25, -0.2) is 4.98 Å². The molecule has 0 saturated heterocycles. The van der Waals surface area contributed by atoms with E-state index in [1.165, 1.54) is 11.3 Å². The van der Waals surface area contributed by atoms with Crippen LogP contribution in [-0.2, 0) is 0 Å². The standard InChI is InChI=1S/C9H16N2OS/c1-3-9(2,5-10)8(12)7-4-13-6-11-7/h4,6,8,12H,3,5,10H2,1-2H3. The lowest BCUT2D eigenvalue weighted by Crippen LogP contribution is -2.33. The van der Waals surface area contributed by atoms with E-state index >= 15 is 0 Å². The fraction of sp³-hybridized carbons (Fsp3) is 0.667. The minimum atomic E-state index is -0.547. The fourth-order valence-corrected chi connectivity index (χ4v) is 1.74. The van der Waals surface area contributed by atoms with E-state index in [9.17, 15) is 5.11 Å². The van der Waals surface area contributed by atoms with Gasteiger partial charge >= 0.3 is 0 Å². The maximum absolute atomic E-state index is 9.99. The molecule has 0 fully saturated rings. The van der Waals surface area contributed by atoms with Gasteiger partial charge in [-0.05, 0) is 6.42 Å². The molecule has 1 aromatic heterocycles. The van der Waals surface area contributed by atoms with Crippen LogP contribution >= 0.6 is 11.3 Å². The Kier molecular flexibility index (Phi) is 3.41. The third kappa shape index (κ3) is 2.07. The van der Waals surface area contributed by atoms with Crippen molar-refractivity contribution in [1.29, 1.82) is 0 Å². The molecule has 1 aromatic rings. The molecule has 1 rings (SSSR count). The molecule has 0 aromatic carbocycles. The Labute approximate surface area is 82.6 Å². The summed E-state index contributed by atoms with van der Waals surface area (Å²) in [5.41, 5.74) is 7.85. The van der Waals surface area contributed by atoms with Crippen LogP contribution < -0.4 is 5.73 Å². The zero-order valence-electron chi connectivity index (χ0n) is 8.03. The second kappa shape index (κ2) is 4.17. The Morgan fingerprint density at radius 1 is 1.77 bits per heavy atom. The number of aliphatic hydroxyl groups is 1. The van der Waals surface area contributed by atoms with Crippen LogP contribution in [0.2, 0.25) is 0 Å². The van der Waals surface area contributed by atoms with Gasteiger partial charge in [-0.1, -0.05) is 13.8 Å². The van der Waals surface area contributed by atoms with Gasteiger partial charge in [0, 0.05) is 17.3 Å². The van der Waals surface area contributed by atoms with Gasteiger partial charge in [-0.2, -0.15) is 0 Å². The first-order valence-corrected chi connectivity index (χ1v) is 5.34. The predicted molar refractivity (Wildman–Crippen MR) is 54.5 cm³/mol. The lowest BCUT2D eigenvalue weighted by atomic mass is 9.80. The lowest BCUT2D eigenvalue weighted by molar-refractivity contribution is 0.0362. The van der Waals surface area contributed by atoms with Crippen molar-refractivity contribution in [3.05, 3.63) is 16.6 Å². The van der Waals surface area contributed by atoms with Crippen molar-refractivity contribution in [2.24, 2.45) is 11.1 Å². The van der Waals surface area contributed by atoms with Crippen LogP contribution in [0.3, 0.4) is 0 Å². The molecule has 1 heterocycles. The number of aliphatic hydroxyl groups excluding tert-OH is 1. The van der Waals surface area contributed by atoms with Gasteiger partial charge in [0.2, 0.25) is 0 Å². The van der Waals surface area contributed by atoms with Crippen LogP contribution in [0.25, 0.3) is 0 Å². The Bertz CT molecular complexity index is 244. The maximum atomic E-state index is 9.99. The number of aromatic nitrogens is 1. The van der Waals surface area contributed by atoms with Crippen molar-refractivity contribution >= 4 is 11.3 Å². The molecule has 3 nitrogen and oxygen atoms in total. The highest BCUT2D eigenvalue weighted by Gasteiger charge is 2.31. The van der Waals surface area contributed by atoms with Gasteiger partial charge in [0.05, 0.1) is 11.2 Å². The lowest BCUT2D eigenvalue weighted by Gasteiger charge is -2.31. The molecule has 0 aliphatic heterocycles. The molecule has 0 aliphatic carbocycles. The van der Waals surface area contributed by atoms with E-state index in [1.807, 2.05) is 19.2 Å². The van der Waals surface area contributed by atoms with E-state index in [1.54, 1.807) is 5.51 Å². The molecule has 0 radical (unpaired) electrons. The first-order chi connectivity index (χ1) is 6.14. The van der Waals surface area contributed by atoms with Crippen LogP contribution in [0.4, 0.5) is 0 Å². The largest absolute Gasteiger partial charge is 0.386 e. The number of rotatable bonds is 4. The summed E-state index contributed by atoms with van der Waals surface area (Å²) in [6, 6.07) is 0. The summed E-state index contributed by atoms with van der Waals surface area (Å²) in [4.78, 5) is 4.09. The minimum absolute atomic E-state index is 0.256. The summed E-state index contributed by atoms with van der Waals surface area (Å²) in [7, 11) is 0. The highest BCUT2D eigenvalue weighted by Crippen LogP contribution is 2.35. The quantitative estimate of drug-likeness (QED) is 0.775. The van der Waals surface area contributed by atoms with Crippen LogP contribution in [0.15, 0.2) is 10.9 Å². The molecule has 0 saturated carbocycles. The van der Waals surface area contributed by atoms with Crippen molar-refractivity contribution in [3.8, 4) is 0 Å². The third-order valence-electron chi connectivity index (χ3n) is 2.67. The van der Waals surface area contributed by atoms with E-state index in [2.05, 4.69) is 4.98 Å². The van der Waals surface area contributed by atoms with Crippen LogP contribution in [-0.4, -0.2) is 16.6 Å². The van der Waals surface area contributed by atoms with Gasteiger partial charge < -0.3 is 10.8 Å². The second-order valence-electron chi connectivity index (χ2n) is 3.53. The molecule has 13 heavy (non-hydrogen) atoms. The second-order valence-corrected chi connectivity index (χ2v) is 4.25. The molecule has 0 bridgehead atoms. The van der Waals surface area contributed by atoms with Gasteiger partial charge in [-0.3, -0.25) is 0 Å². The normalized spacial score (nSPS) is 18.2. The average Bonchev–Trinajstić information content (AvgIpc) is 2.68. The molecule has 0 aliphatic rings. The van der Waals surface area contributed by atoms with Gasteiger partial charge in [0.15, 0.2) is 0 Å². The Balaban J connectivity index is 2.82. The highest BCUT2D eigenvalue weighted by molar-refractivity contribution is 7.07. The Morgan fingerprint density at radius 2 is 2.46 bits per heavy atom. The van der Waals surface area contributed by atoms with Crippen molar-refractivity contribution in [2.75, 3.05) is 6.54 Å². The summed E-state index contributed by atoms with van der Waals surface area (Å²) in [6.07, 6.45) is 0.302. The highest BCUT2D eigenvalue weighted by atomic mass is 32.1. The number of nitrogens with two attached hydrogens (primary N) is 1. The maximum Gasteiger partial charge on any atom is 0.103 e. The zero-order valence-corrected chi connectivity index (χ0v) is 8.84. The van der Waals surface area contributed by atoms with Crippen LogP contribution in [0.1, 0.15) is 32.1 Å². The molecular formula is C9H16N2OS. The number of thiazole rings is 1. The summed E-state index contributed by atoms with van der Waals surface area (Å²) in [6.45, 7) is 4.49. The van der Waals surface area contributed by atoms with E-state index in [-0.39, 0.29) is 5.41 Å². The number of nitrogens with zero attached hydrogens (tertiary/aromatic N) is 1. The molecular weight excluding hydrogens is 184 g/mol. The molecule has 4 heteroatoms. The van der Waals surface area contributed by atoms with E-state index in [0.717, 1.165) is 12.1 Å². The minimum Gasteiger partial charge on any atom is -0.386 e. The van der Waals surface area contributed by atoms with Crippen LogP contribution in [0, 0.1) is 5.41 Å². The summed E-state index contributed by atoms with van der Waals surface area (Å²) < 4.78 is 0. The van der Waals surface area contributed by atoms with Gasteiger partial charge in [0.25, 0.3) is 0 Å². The Morgan fingerprint density at radius 3 is 2.85 bits per heavy atom. The smallest absolute Gasteiger partial charge is 0.103 e. The van der Waals surface area contributed by atoms with Crippen molar-refractivity contribution in [3.63, 3.8) is 0 Å². The summed E-state index contributed by atoms with van der Waals surface area (Å²) in [5, 5.41) is 11.9. The van der Waals surface area contributed by atoms with Crippen LogP contribution in [0.5, 0.6) is 0 Å². The third-order valence-corrected chi connectivity index (χ3v) is 3.27. The topological polar surface area (TPSA) is 59.1 Å². The summed E-state index contributed by atoms with van der Waals surface area (Å²) in [5.74, 6) is 0. The van der Waals surface area contributed by atoms with Gasteiger partial charge in [-0.15, -0.1) is 11.3 Å². The number of hydrogen-bond acceptors (Lipinski definition) is 4. The molecule has 0 amide bonds. The van der Waals surface area contributed by atoms with E-state index < -0.39 is 6.10 Å². The fourth-order valence-electron chi connectivity index (χ4n) is 1.16. The molecule has 74 valence electrons. The Hall–Kier alpha value is -0.450. The van der Waals surface area contributed by atoms with E-state index in [0.29, 0.717) is 6.54 Å². The zero-order chi connectivity index (χ0) is 9.90. The van der Waals surface area contributed by atoms with Crippen molar-refractivity contribution in [2.45, 2.75) is 26.4 Å². The van der Waals surface area contributed by atoms with Crippen molar-refractivity contribution < 1.29 is 5.11 Å². The van der Waals surface area contributed by atoms with Crippen molar-refractivity contribution in [1.82, 2.24) is 4.98 Å². The average molecular weight is 200 g/mol.